The summed E-state index contributed by atoms with van der Waals surface area (Å²) in [6.07, 6.45) is 3.17. The maximum absolute atomic E-state index is 9.85. The molecule has 2 heterocycles. The Balaban J connectivity index is 2.08. The van der Waals surface area contributed by atoms with E-state index < -0.39 is 0 Å². The average molecular weight is 255 g/mol. The Labute approximate surface area is 109 Å². The Morgan fingerprint density at radius 1 is 1.26 bits per heavy atom. The molecule has 0 amide bonds. The number of nitrogens with one attached hydrogen (secondary N) is 1. The first kappa shape index (κ1) is 11.5. The zero-order valence-corrected chi connectivity index (χ0v) is 10.6. The molecule has 0 aliphatic carbocycles. The van der Waals surface area contributed by atoms with Gasteiger partial charge in [-0.3, -0.25) is 4.68 Å². The minimum atomic E-state index is 0.182. The highest BCUT2D eigenvalue weighted by Crippen LogP contribution is 2.29. The van der Waals surface area contributed by atoms with Gasteiger partial charge >= 0.3 is 0 Å². The number of aryl methyl sites for hydroxylation is 2. The molecule has 19 heavy (non-hydrogen) atoms. The number of aromatic hydroxyl groups is 1. The summed E-state index contributed by atoms with van der Waals surface area (Å²) in [7, 11) is 1.82. The highest BCUT2D eigenvalue weighted by molar-refractivity contribution is 5.88. The van der Waals surface area contributed by atoms with Gasteiger partial charge in [0, 0.05) is 7.05 Å². The zero-order valence-electron chi connectivity index (χ0n) is 10.6. The second-order valence-electron chi connectivity index (χ2n) is 4.37. The summed E-state index contributed by atoms with van der Waals surface area (Å²) < 4.78 is 1.68. The van der Waals surface area contributed by atoms with Crippen LogP contribution in [0.4, 0.5) is 11.5 Å². The number of nitrogens with zero attached hydrogens (tertiary/aromatic N) is 4. The lowest BCUT2D eigenvalue weighted by Crippen LogP contribution is -1.97. The SMILES string of the molecule is Cc1ccc(O)c(Nc2ncnc3c2cnn3C)c1. The quantitative estimate of drug-likeness (QED) is 0.686. The third-order valence-corrected chi connectivity index (χ3v) is 2.93. The molecular formula is C13H13N5O. The molecular weight excluding hydrogens is 242 g/mol. The highest BCUT2D eigenvalue weighted by atomic mass is 16.3. The molecule has 2 aromatic heterocycles. The minimum absolute atomic E-state index is 0.182. The van der Waals surface area contributed by atoms with E-state index >= 15 is 0 Å². The van der Waals surface area contributed by atoms with Crippen molar-refractivity contribution in [2.24, 2.45) is 7.05 Å². The molecule has 0 atom stereocenters. The summed E-state index contributed by atoms with van der Waals surface area (Å²) in [4.78, 5) is 8.37. The molecule has 0 radical (unpaired) electrons. The standard InChI is InChI=1S/C13H13N5O/c1-8-3-4-11(19)10(5-8)17-12-9-6-16-18(2)13(9)15-7-14-12/h3-7,19H,1-2H3,(H,14,15,17). The lowest BCUT2D eigenvalue weighted by atomic mass is 10.2. The van der Waals surface area contributed by atoms with Gasteiger partial charge in [0.15, 0.2) is 5.65 Å². The molecule has 3 aromatic rings. The number of aromatic nitrogens is 4. The minimum Gasteiger partial charge on any atom is -0.506 e. The summed E-state index contributed by atoms with van der Waals surface area (Å²) in [5.74, 6) is 0.806. The van der Waals surface area contributed by atoms with Gasteiger partial charge in [-0.25, -0.2) is 9.97 Å². The van der Waals surface area contributed by atoms with E-state index in [0.29, 0.717) is 11.5 Å². The van der Waals surface area contributed by atoms with Crippen molar-refractivity contribution in [1.82, 2.24) is 19.7 Å². The molecule has 0 spiro atoms. The second kappa shape index (κ2) is 4.24. The van der Waals surface area contributed by atoms with Gasteiger partial charge in [-0.15, -0.1) is 0 Å². The number of rotatable bonds is 2. The van der Waals surface area contributed by atoms with E-state index in [0.717, 1.165) is 16.6 Å². The van der Waals surface area contributed by atoms with Crippen LogP contribution in [0.5, 0.6) is 5.75 Å². The predicted octanol–water partition coefficient (Wildman–Crippen LogP) is 2.12. The van der Waals surface area contributed by atoms with Crippen LogP contribution in [0.1, 0.15) is 5.56 Å². The summed E-state index contributed by atoms with van der Waals surface area (Å²) in [6.45, 7) is 1.96. The van der Waals surface area contributed by atoms with Crippen molar-refractivity contribution in [1.29, 1.82) is 0 Å². The molecule has 3 rings (SSSR count). The second-order valence-corrected chi connectivity index (χ2v) is 4.37. The lowest BCUT2D eigenvalue weighted by Gasteiger charge is -2.09. The Morgan fingerprint density at radius 2 is 2.11 bits per heavy atom. The molecule has 0 aliphatic rings. The molecule has 1 aromatic carbocycles. The van der Waals surface area contributed by atoms with Crippen molar-refractivity contribution < 1.29 is 5.11 Å². The van der Waals surface area contributed by atoms with Gasteiger partial charge in [-0.05, 0) is 24.6 Å². The van der Waals surface area contributed by atoms with E-state index in [9.17, 15) is 5.11 Å². The molecule has 0 unspecified atom stereocenters. The number of fused-ring (bicyclic) bond motifs is 1. The molecule has 96 valence electrons. The smallest absolute Gasteiger partial charge is 0.163 e. The summed E-state index contributed by atoms with van der Waals surface area (Å²) in [5, 5.41) is 17.9. The normalized spacial score (nSPS) is 10.8. The van der Waals surface area contributed by atoms with Gasteiger partial charge in [0.1, 0.15) is 17.9 Å². The van der Waals surface area contributed by atoms with Crippen LogP contribution in [0.2, 0.25) is 0 Å². The van der Waals surface area contributed by atoms with Crippen LogP contribution in [-0.4, -0.2) is 24.9 Å². The largest absolute Gasteiger partial charge is 0.506 e. The van der Waals surface area contributed by atoms with Gasteiger partial charge in [-0.2, -0.15) is 5.10 Å². The maximum atomic E-state index is 9.85. The average Bonchev–Trinajstić information content (AvgIpc) is 2.77. The number of anilines is 2. The van der Waals surface area contributed by atoms with Crippen LogP contribution in [-0.2, 0) is 7.05 Å². The molecule has 0 bridgehead atoms. The Hall–Kier alpha value is -2.63. The van der Waals surface area contributed by atoms with Gasteiger partial charge in [0.05, 0.1) is 17.3 Å². The van der Waals surface area contributed by atoms with Gasteiger partial charge in [0.2, 0.25) is 0 Å². The maximum Gasteiger partial charge on any atom is 0.163 e. The van der Waals surface area contributed by atoms with E-state index in [4.69, 9.17) is 0 Å². The first-order valence-electron chi connectivity index (χ1n) is 5.84. The van der Waals surface area contributed by atoms with Crippen LogP contribution in [0, 0.1) is 6.92 Å². The zero-order chi connectivity index (χ0) is 13.4. The number of benzene rings is 1. The molecule has 0 saturated heterocycles. The number of phenolic OH excluding ortho intramolecular Hbond substituents is 1. The van der Waals surface area contributed by atoms with Crippen molar-refractivity contribution in [3.63, 3.8) is 0 Å². The van der Waals surface area contributed by atoms with E-state index in [1.165, 1.54) is 6.33 Å². The van der Waals surface area contributed by atoms with E-state index in [1.807, 2.05) is 26.1 Å². The van der Waals surface area contributed by atoms with Crippen molar-refractivity contribution >= 4 is 22.5 Å². The topological polar surface area (TPSA) is 75.9 Å². The first-order chi connectivity index (χ1) is 9.15. The predicted molar refractivity (Wildman–Crippen MR) is 72.4 cm³/mol. The number of hydrogen-bond acceptors (Lipinski definition) is 5. The van der Waals surface area contributed by atoms with Crippen LogP contribution >= 0.6 is 0 Å². The number of phenols is 1. The van der Waals surface area contributed by atoms with Crippen LogP contribution in [0.25, 0.3) is 11.0 Å². The van der Waals surface area contributed by atoms with E-state index in [1.54, 1.807) is 16.9 Å². The molecule has 0 aliphatic heterocycles. The van der Waals surface area contributed by atoms with Gasteiger partial charge in [-0.1, -0.05) is 6.07 Å². The fourth-order valence-electron chi connectivity index (χ4n) is 1.94. The Kier molecular flexibility index (Phi) is 2.56. The van der Waals surface area contributed by atoms with Crippen molar-refractivity contribution in [2.45, 2.75) is 6.92 Å². The molecule has 0 fully saturated rings. The van der Waals surface area contributed by atoms with E-state index in [-0.39, 0.29) is 5.75 Å². The Morgan fingerprint density at radius 3 is 2.95 bits per heavy atom. The lowest BCUT2D eigenvalue weighted by molar-refractivity contribution is 0.477. The van der Waals surface area contributed by atoms with Crippen LogP contribution < -0.4 is 5.32 Å². The molecule has 6 heteroatoms. The third-order valence-electron chi connectivity index (χ3n) is 2.93. The van der Waals surface area contributed by atoms with Gasteiger partial charge < -0.3 is 10.4 Å². The van der Waals surface area contributed by atoms with Gasteiger partial charge in [0.25, 0.3) is 0 Å². The fraction of sp³-hybridized carbons (Fsp3) is 0.154. The van der Waals surface area contributed by atoms with Crippen LogP contribution in [0.3, 0.4) is 0 Å². The first-order valence-corrected chi connectivity index (χ1v) is 5.84. The molecule has 0 saturated carbocycles. The van der Waals surface area contributed by atoms with Crippen molar-refractivity contribution in [3.05, 3.63) is 36.3 Å². The summed E-state index contributed by atoms with van der Waals surface area (Å²) in [6, 6.07) is 5.36. The van der Waals surface area contributed by atoms with Crippen molar-refractivity contribution in [2.75, 3.05) is 5.32 Å². The van der Waals surface area contributed by atoms with Crippen molar-refractivity contribution in [3.8, 4) is 5.75 Å². The van der Waals surface area contributed by atoms with Crippen LogP contribution in [0.15, 0.2) is 30.7 Å². The fourth-order valence-corrected chi connectivity index (χ4v) is 1.94. The highest BCUT2D eigenvalue weighted by Gasteiger charge is 2.09. The summed E-state index contributed by atoms with van der Waals surface area (Å²) in [5.41, 5.74) is 2.41. The number of hydrogen-bond donors (Lipinski definition) is 2. The Bertz CT molecular complexity index is 750. The molecule has 2 N–H and O–H groups in total. The van der Waals surface area contributed by atoms with E-state index in [2.05, 4.69) is 20.4 Å². The molecule has 6 nitrogen and oxygen atoms in total. The summed E-state index contributed by atoms with van der Waals surface area (Å²) >= 11 is 0. The third kappa shape index (κ3) is 1.97. The monoisotopic (exact) mass is 255 g/mol.